The van der Waals surface area contributed by atoms with Gasteiger partial charge in [-0.15, -0.1) is 0 Å². The molecule has 0 aromatic heterocycles. The van der Waals surface area contributed by atoms with Crippen molar-refractivity contribution in [1.82, 2.24) is 5.32 Å². The maximum absolute atomic E-state index is 12.4. The number of carbonyl (C=O) groups is 1. The Bertz CT molecular complexity index is 891. The highest BCUT2D eigenvalue weighted by Crippen LogP contribution is 2.51. The predicted octanol–water partition coefficient (Wildman–Crippen LogP) is 5.84. The van der Waals surface area contributed by atoms with Gasteiger partial charge in [0.25, 0.3) is 0 Å². The number of nitrogens with one attached hydrogen (secondary N) is 1. The second-order valence-corrected chi connectivity index (χ2v) is 8.35. The van der Waals surface area contributed by atoms with Crippen molar-refractivity contribution in [2.75, 3.05) is 6.54 Å². The zero-order valence-electron chi connectivity index (χ0n) is 14.2. The molecule has 1 aliphatic heterocycles. The van der Waals surface area contributed by atoms with Gasteiger partial charge in [0.15, 0.2) is 0 Å². The number of amides is 1. The molecule has 4 rings (SSSR count). The van der Waals surface area contributed by atoms with Gasteiger partial charge in [-0.1, -0.05) is 64.7 Å². The van der Waals surface area contributed by atoms with Crippen LogP contribution >= 0.6 is 34.8 Å². The zero-order valence-corrected chi connectivity index (χ0v) is 16.4. The highest BCUT2D eigenvalue weighted by Gasteiger charge is 2.47. The number of benzene rings is 2. The fraction of sp³-hybridized carbons (Fsp3) is 0.286. The smallest absolute Gasteiger partial charge is 0.227 e. The van der Waals surface area contributed by atoms with Crippen LogP contribution in [0.1, 0.15) is 29.9 Å². The molecule has 2 aromatic carbocycles. The van der Waals surface area contributed by atoms with E-state index in [9.17, 15) is 4.79 Å². The molecule has 0 saturated carbocycles. The number of hydrogen-bond donors (Lipinski definition) is 1. The minimum atomic E-state index is -0.0852. The lowest BCUT2D eigenvalue weighted by atomic mass is 9.64. The molecule has 0 bridgehead atoms. The van der Waals surface area contributed by atoms with Crippen molar-refractivity contribution in [1.29, 1.82) is 0 Å². The van der Waals surface area contributed by atoms with Crippen LogP contribution in [0.3, 0.4) is 0 Å². The van der Waals surface area contributed by atoms with Crippen molar-refractivity contribution in [2.45, 2.75) is 18.8 Å². The molecule has 1 aliphatic carbocycles. The van der Waals surface area contributed by atoms with E-state index in [2.05, 4.69) is 23.5 Å². The summed E-state index contributed by atoms with van der Waals surface area (Å²) in [6.45, 7) is 2.71. The van der Waals surface area contributed by atoms with Crippen LogP contribution in [0.2, 0.25) is 15.1 Å². The monoisotopic (exact) mass is 405 g/mol. The van der Waals surface area contributed by atoms with Gasteiger partial charge in [0, 0.05) is 27.5 Å². The summed E-state index contributed by atoms with van der Waals surface area (Å²) in [5, 5.41) is 5.02. The van der Waals surface area contributed by atoms with Gasteiger partial charge >= 0.3 is 0 Å². The van der Waals surface area contributed by atoms with Crippen molar-refractivity contribution in [3.8, 4) is 0 Å². The summed E-state index contributed by atoms with van der Waals surface area (Å²) in [6.07, 6.45) is 2.19. The van der Waals surface area contributed by atoms with Crippen molar-refractivity contribution >= 4 is 40.7 Å². The topological polar surface area (TPSA) is 29.1 Å². The van der Waals surface area contributed by atoms with Gasteiger partial charge in [0.2, 0.25) is 5.91 Å². The molecule has 1 heterocycles. The molecule has 2 aliphatic rings. The van der Waals surface area contributed by atoms with E-state index in [1.807, 2.05) is 31.2 Å². The van der Waals surface area contributed by atoms with E-state index < -0.39 is 0 Å². The van der Waals surface area contributed by atoms with Gasteiger partial charge in [-0.2, -0.15) is 0 Å². The van der Waals surface area contributed by atoms with Crippen LogP contribution in [0.5, 0.6) is 0 Å². The van der Waals surface area contributed by atoms with Gasteiger partial charge in [-0.05, 0) is 54.2 Å². The minimum Gasteiger partial charge on any atom is -0.355 e. The minimum absolute atomic E-state index is 0.0786. The van der Waals surface area contributed by atoms with E-state index in [0.717, 1.165) is 11.1 Å². The molecule has 4 atom stereocenters. The largest absolute Gasteiger partial charge is 0.355 e. The number of hydrogen-bond acceptors (Lipinski definition) is 1. The fourth-order valence-corrected chi connectivity index (χ4v) is 5.13. The molecule has 0 unspecified atom stereocenters. The van der Waals surface area contributed by atoms with Crippen LogP contribution < -0.4 is 5.32 Å². The van der Waals surface area contributed by atoms with Gasteiger partial charge in [-0.25, -0.2) is 0 Å². The summed E-state index contributed by atoms with van der Waals surface area (Å²) >= 11 is 18.7. The zero-order chi connectivity index (χ0) is 18.4. The quantitative estimate of drug-likeness (QED) is 0.624. The molecular formula is C21H18Cl3NO. The lowest BCUT2D eigenvalue weighted by molar-refractivity contribution is -0.122. The Morgan fingerprint density at radius 2 is 1.69 bits per heavy atom. The van der Waals surface area contributed by atoms with E-state index in [1.54, 1.807) is 6.07 Å². The van der Waals surface area contributed by atoms with E-state index in [4.69, 9.17) is 34.8 Å². The Kier molecular flexibility index (Phi) is 4.77. The first-order valence-electron chi connectivity index (χ1n) is 8.62. The molecule has 0 radical (unpaired) electrons. The summed E-state index contributed by atoms with van der Waals surface area (Å²) < 4.78 is 0. The second-order valence-electron chi connectivity index (χ2n) is 7.07. The van der Waals surface area contributed by atoms with Crippen LogP contribution in [0.15, 0.2) is 54.1 Å². The van der Waals surface area contributed by atoms with E-state index in [-0.39, 0.29) is 29.6 Å². The normalized spacial score (nSPS) is 27.7. The molecule has 134 valence electrons. The summed E-state index contributed by atoms with van der Waals surface area (Å²) in [6, 6.07) is 13.6. The molecule has 1 saturated heterocycles. The van der Waals surface area contributed by atoms with Crippen LogP contribution in [-0.2, 0) is 4.79 Å². The molecule has 1 fully saturated rings. The van der Waals surface area contributed by atoms with E-state index in [0.29, 0.717) is 21.6 Å². The number of rotatable bonds is 2. The number of halogens is 3. The molecule has 0 spiro atoms. The predicted molar refractivity (Wildman–Crippen MR) is 107 cm³/mol. The lowest BCUT2D eigenvalue weighted by Gasteiger charge is -2.38. The molecule has 2 aromatic rings. The van der Waals surface area contributed by atoms with Crippen LogP contribution in [0, 0.1) is 11.8 Å². The average Bonchev–Trinajstić information content (AvgIpc) is 2.98. The molecule has 26 heavy (non-hydrogen) atoms. The second kappa shape index (κ2) is 6.92. The van der Waals surface area contributed by atoms with Gasteiger partial charge < -0.3 is 5.32 Å². The van der Waals surface area contributed by atoms with Crippen LogP contribution in [0.25, 0.3) is 0 Å². The first-order chi connectivity index (χ1) is 12.5. The average molecular weight is 407 g/mol. The third kappa shape index (κ3) is 3.05. The number of allylic oxidation sites excluding steroid dienone is 1. The van der Waals surface area contributed by atoms with E-state index in [1.165, 1.54) is 5.56 Å². The Labute approximate surface area is 168 Å². The van der Waals surface area contributed by atoms with Crippen LogP contribution in [-0.4, -0.2) is 12.5 Å². The van der Waals surface area contributed by atoms with Gasteiger partial charge in [0.05, 0.1) is 5.92 Å². The van der Waals surface area contributed by atoms with E-state index >= 15 is 0 Å². The Morgan fingerprint density at radius 1 is 1.00 bits per heavy atom. The van der Waals surface area contributed by atoms with Crippen molar-refractivity contribution in [2.24, 2.45) is 11.8 Å². The Morgan fingerprint density at radius 3 is 2.38 bits per heavy atom. The maximum atomic E-state index is 12.4. The molecular weight excluding hydrogens is 389 g/mol. The fourth-order valence-electron chi connectivity index (χ4n) is 4.47. The summed E-state index contributed by atoms with van der Waals surface area (Å²) in [7, 11) is 0. The third-order valence-corrected chi connectivity index (χ3v) is 6.39. The Hall–Kier alpha value is -1.48. The van der Waals surface area contributed by atoms with Crippen molar-refractivity contribution in [3.63, 3.8) is 0 Å². The van der Waals surface area contributed by atoms with Gasteiger partial charge in [-0.3, -0.25) is 4.79 Å². The Balaban J connectivity index is 1.87. The first-order valence-corrected chi connectivity index (χ1v) is 9.75. The molecule has 5 heteroatoms. The van der Waals surface area contributed by atoms with Gasteiger partial charge in [0.1, 0.15) is 0 Å². The molecule has 1 N–H and O–H groups in total. The maximum Gasteiger partial charge on any atom is 0.227 e. The number of carbonyl (C=O) groups excluding carboxylic acids is 1. The highest BCUT2D eigenvalue weighted by molar-refractivity contribution is 6.35. The lowest BCUT2D eigenvalue weighted by Crippen LogP contribution is -2.31. The third-order valence-electron chi connectivity index (χ3n) is 5.58. The first kappa shape index (κ1) is 17.9. The van der Waals surface area contributed by atoms with Crippen LogP contribution in [0.4, 0.5) is 0 Å². The standard InChI is InChI=1S/C21H18Cl3NO/c1-11-8-16(15-7-6-14(23)9-18(15)24)20(12-2-4-13(22)5-3-12)17-10-25-21(26)19(11)17/h2-9,16-17,19-20H,10H2,1H3,(H,25,26)/t16-,17-,19-,20+/m1/s1. The molecule has 1 amide bonds. The SMILES string of the molecule is CC1=C[C@H](c2ccc(Cl)cc2Cl)[C@H](c2ccc(Cl)cc2)[C@@H]2CNC(=O)[C@H]12. The van der Waals surface area contributed by atoms with Crippen molar-refractivity contribution < 1.29 is 4.79 Å². The molecule has 2 nitrogen and oxygen atoms in total. The highest BCUT2D eigenvalue weighted by atomic mass is 35.5. The summed E-state index contributed by atoms with van der Waals surface area (Å²) in [5.41, 5.74) is 3.31. The van der Waals surface area contributed by atoms with Crippen molar-refractivity contribution in [3.05, 3.63) is 80.3 Å². The summed E-state index contributed by atoms with van der Waals surface area (Å²) in [4.78, 5) is 12.4. The summed E-state index contributed by atoms with van der Waals surface area (Å²) in [5.74, 6) is 0.431. The number of fused-ring (bicyclic) bond motifs is 1.